The number of fused-ring (bicyclic) bond motifs is 1. The maximum absolute atomic E-state index is 6.17. The number of halogens is 2. The third-order valence-corrected chi connectivity index (χ3v) is 5.14. The van der Waals surface area contributed by atoms with Gasteiger partial charge < -0.3 is 5.32 Å². The molecule has 3 aromatic heterocycles. The topological polar surface area (TPSA) is 42.2 Å². The second kappa shape index (κ2) is 6.60. The Kier molecular flexibility index (Phi) is 4.72. The highest BCUT2D eigenvalue weighted by atomic mass is 79.9. The van der Waals surface area contributed by atoms with Crippen LogP contribution in [0.2, 0.25) is 5.02 Å². The number of anilines is 2. The molecule has 118 valence electrons. The van der Waals surface area contributed by atoms with E-state index in [1.165, 1.54) is 0 Å². The van der Waals surface area contributed by atoms with Gasteiger partial charge in [0, 0.05) is 17.0 Å². The van der Waals surface area contributed by atoms with Crippen LogP contribution in [0.15, 0.2) is 41.2 Å². The number of nitrogens with zero attached hydrogens (tertiary/aromatic N) is 3. The fraction of sp³-hybridized carbons (Fsp3) is 0.0667. The minimum atomic E-state index is 0. The van der Waals surface area contributed by atoms with Crippen molar-refractivity contribution in [2.24, 2.45) is 0 Å². The van der Waals surface area contributed by atoms with E-state index < -0.39 is 0 Å². The Morgan fingerprint density at radius 3 is 2.83 bits per heavy atom. The summed E-state index contributed by atoms with van der Waals surface area (Å²) in [5.74, 6) is 0. The number of hydrogen-bond acceptors (Lipinski definition) is 5. The average Bonchev–Trinajstić information content (AvgIpc) is 3.17. The fourth-order valence-corrected chi connectivity index (χ4v) is 3.97. The van der Waals surface area contributed by atoms with E-state index in [1.807, 2.05) is 48.1 Å². The smallest absolute Gasteiger partial charge is 0.194 e. The molecule has 0 bridgehead atoms. The molecule has 0 unspecified atom stereocenters. The summed E-state index contributed by atoms with van der Waals surface area (Å²) >= 11 is 9.35. The minimum Gasteiger partial charge on any atom is -0.330 e. The third kappa shape index (κ3) is 3.01. The molecule has 4 aromatic rings. The maximum Gasteiger partial charge on any atom is 0.194 e. The zero-order valence-corrected chi connectivity index (χ0v) is 16.1. The van der Waals surface area contributed by atoms with Gasteiger partial charge in [-0.1, -0.05) is 23.7 Å². The van der Waals surface area contributed by atoms with Gasteiger partial charge in [0.05, 0.1) is 22.1 Å². The van der Waals surface area contributed by atoms with Gasteiger partial charge in [0.2, 0.25) is 0 Å². The molecule has 0 fully saturated rings. The summed E-state index contributed by atoms with van der Waals surface area (Å²) in [5.41, 5.74) is 3.81. The van der Waals surface area contributed by atoms with Gasteiger partial charge in [0.1, 0.15) is 5.69 Å². The molecule has 4 nitrogen and oxygen atoms in total. The molecule has 0 saturated carbocycles. The van der Waals surface area contributed by atoms with E-state index in [0.29, 0.717) is 5.02 Å². The first-order chi connectivity index (χ1) is 10.7. The van der Waals surface area contributed by atoms with Gasteiger partial charge in [0.15, 0.2) is 10.1 Å². The lowest BCUT2D eigenvalue weighted by molar-refractivity contribution is 1.20. The predicted molar refractivity (Wildman–Crippen MR) is 104 cm³/mol. The monoisotopic (exact) mass is 426 g/mol. The van der Waals surface area contributed by atoms with Crippen LogP contribution >= 0.6 is 51.3 Å². The molecule has 0 aliphatic heterocycles. The van der Waals surface area contributed by atoms with Gasteiger partial charge >= 0.3 is 0 Å². The number of aromatic nitrogens is 3. The number of nitrogens with one attached hydrogen (secondary N) is 1. The Hall–Kier alpha value is -1.41. The van der Waals surface area contributed by atoms with Gasteiger partial charge in [-0.25, -0.2) is 9.97 Å². The minimum absolute atomic E-state index is 0. The number of imidazole rings is 1. The number of benzene rings is 1. The molecule has 0 atom stereocenters. The van der Waals surface area contributed by atoms with Gasteiger partial charge in [-0.3, -0.25) is 4.40 Å². The Balaban J connectivity index is 0.00000156. The summed E-state index contributed by atoms with van der Waals surface area (Å²) in [7, 11) is 0. The number of hydrogen-bond donors (Lipinski definition) is 1. The van der Waals surface area contributed by atoms with E-state index in [4.69, 9.17) is 11.6 Å². The molecular weight excluding hydrogens is 416 g/mol. The van der Waals surface area contributed by atoms with Crippen LogP contribution in [0.5, 0.6) is 0 Å². The standard InChI is InChI=1S/C15H11ClN4S2.BrH/c1-9-13(20-6-7-21-15(20)17-9)12-8-22-14(19-12)18-11-5-3-2-4-10(11)16;/h2-8H,1H3,(H,18,19);1H. The Bertz CT molecular complexity index is 959. The average molecular weight is 428 g/mol. The summed E-state index contributed by atoms with van der Waals surface area (Å²) in [5, 5.41) is 8.82. The van der Waals surface area contributed by atoms with Gasteiger partial charge in [-0.15, -0.1) is 39.7 Å². The molecule has 0 aliphatic rings. The highest BCUT2D eigenvalue weighted by molar-refractivity contribution is 8.93. The zero-order chi connectivity index (χ0) is 15.1. The van der Waals surface area contributed by atoms with E-state index in [2.05, 4.69) is 19.7 Å². The summed E-state index contributed by atoms with van der Waals surface area (Å²) in [6.07, 6.45) is 2.02. The van der Waals surface area contributed by atoms with E-state index in [9.17, 15) is 0 Å². The fourth-order valence-electron chi connectivity index (χ4n) is 2.32. The number of rotatable bonds is 3. The van der Waals surface area contributed by atoms with Crippen molar-refractivity contribution in [3.8, 4) is 11.4 Å². The van der Waals surface area contributed by atoms with Crippen LogP contribution in [0, 0.1) is 6.92 Å². The third-order valence-electron chi connectivity index (χ3n) is 3.30. The first kappa shape index (κ1) is 16.4. The lowest BCUT2D eigenvalue weighted by atomic mass is 10.3. The molecular formula is C15H12BrClN4S2. The van der Waals surface area contributed by atoms with Crippen LogP contribution in [-0.2, 0) is 0 Å². The van der Waals surface area contributed by atoms with Crippen LogP contribution in [0.4, 0.5) is 10.8 Å². The Labute approximate surface area is 156 Å². The van der Waals surface area contributed by atoms with Crippen LogP contribution < -0.4 is 5.32 Å². The van der Waals surface area contributed by atoms with Crippen molar-refractivity contribution in [3.05, 3.63) is 51.9 Å². The molecule has 1 aromatic carbocycles. The SMILES string of the molecule is Br.Cc1nc2sccn2c1-c1csc(Nc2ccccc2Cl)n1. The summed E-state index contributed by atoms with van der Waals surface area (Å²) in [4.78, 5) is 10.2. The second-order valence-corrected chi connectivity index (χ2v) is 6.88. The normalized spacial score (nSPS) is 10.7. The van der Waals surface area contributed by atoms with E-state index in [0.717, 1.165) is 32.9 Å². The van der Waals surface area contributed by atoms with Crippen LogP contribution in [0.1, 0.15) is 5.69 Å². The lowest BCUT2D eigenvalue weighted by Gasteiger charge is -2.04. The number of aryl methyl sites for hydroxylation is 1. The molecule has 4 rings (SSSR count). The molecule has 1 N–H and O–H groups in total. The Morgan fingerprint density at radius 2 is 2.00 bits per heavy atom. The molecule has 0 spiro atoms. The highest BCUT2D eigenvalue weighted by Crippen LogP contribution is 2.32. The van der Waals surface area contributed by atoms with Crippen molar-refractivity contribution < 1.29 is 0 Å². The molecule has 0 radical (unpaired) electrons. The largest absolute Gasteiger partial charge is 0.330 e. The van der Waals surface area contributed by atoms with Crippen molar-refractivity contribution in [2.45, 2.75) is 6.92 Å². The van der Waals surface area contributed by atoms with Gasteiger partial charge in [-0.05, 0) is 19.1 Å². The lowest BCUT2D eigenvalue weighted by Crippen LogP contribution is -1.91. The number of para-hydroxylation sites is 1. The zero-order valence-electron chi connectivity index (χ0n) is 12.0. The van der Waals surface area contributed by atoms with Crippen LogP contribution in [-0.4, -0.2) is 14.4 Å². The number of thiazole rings is 2. The molecule has 23 heavy (non-hydrogen) atoms. The summed E-state index contributed by atoms with van der Waals surface area (Å²) in [6.45, 7) is 2.01. The van der Waals surface area contributed by atoms with E-state index >= 15 is 0 Å². The van der Waals surface area contributed by atoms with Crippen molar-refractivity contribution in [2.75, 3.05) is 5.32 Å². The van der Waals surface area contributed by atoms with Crippen molar-refractivity contribution in [3.63, 3.8) is 0 Å². The summed E-state index contributed by atoms with van der Waals surface area (Å²) < 4.78 is 2.08. The van der Waals surface area contributed by atoms with E-state index in [-0.39, 0.29) is 17.0 Å². The summed E-state index contributed by atoms with van der Waals surface area (Å²) in [6, 6.07) is 7.64. The molecule has 3 heterocycles. The molecule has 0 saturated heterocycles. The molecule has 8 heteroatoms. The second-order valence-electron chi connectivity index (χ2n) is 4.74. The maximum atomic E-state index is 6.17. The van der Waals surface area contributed by atoms with Crippen LogP contribution in [0.3, 0.4) is 0 Å². The van der Waals surface area contributed by atoms with Crippen molar-refractivity contribution >= 4 is 67.0 Å². The molecule has 0 amide bonds. The first-order valence-corrected chi connectivity index (χ1v) is 8.76. The quantitative estimate of drug-likeness (QED) is 0.449. The molecule has 0 aliphatic carbocycles. The Morgan fingerprint density at radius 1 is 1.17 bits per heavy atom. The van der Waals surface area contributed by atoms with Gasteiger partial charge in [0.25, 0.3) is 0 Å². The van der Waals surface area contributed by atoms with Crippen molar-refractivity contribution in [1.29, 1.82) is 0 Å². The van der Waals surface area contributed by atoms with E-state index in [1.54, 1.807) is 22.7 Å². The first-order valence-electron chi connectivity index (χ1n) is 6.62. The van der Waals surface area contributed by atoms with Crippen molar-refractivity contribution in [1.82, 2.24) is 14.4 Å². The highest BCUT2D eigenvalue weighted by Gasteiger charge is 2.15. The predicted octanol–water partition coefficient (Wildman–Crippen LogP) is 5.80. The van der Waals surface area contributed by atoms with Gasteiger partial charge in [-0.2, -0.15) is 0 Å². The van der Waals surface area contributed by atoms with Crippen LogP contribution in [0.25, 0.3) is 16.3 Å².